The summed E-state index contributed by atoms with van der Waals surface area (Å²) in [6.45, 7) is 2.27. The van der Waals surface area contributed by atoms with Crippen LogP contribution in [0.3, 0.4) is 0 Å². The van der Waals surface area contributed by atoms with E-state index in [0.29, 0.717) is 17.8 Å². The number of carbonyl (C=O) groups is 2. The summed E-state index contributed by atoms with van der Waals surface area (Å²) >= 11 is 0. The standard InChI is InChI=1S/C17H17N3O3/c1-11(21)20-9-3-6-14(20)16-15(18-7-8-19-16)12-4-2-5-13(10-12)17(22)23/h2,4-5,7-8,10,14H,3,6,9H2,1H3,(H,22,23). The molecule has 0 spiro atoms. The molecule has 1 aliphatic rings. The van der Waals surface area contributed by atoms with Crippen LogP contribution in [0.4, 0.5) is 0 Å². The van der Waals surface area contributed by atoms with Gasteiger partial charge in [0, 0.05) is 31.4 Å². The first kappa shape index (κ1) is 15.1. The van der Waals surface area contributed by atoms with Crippen LogP contribution in [0.2, 0.25) is 0 Å². The van der Waals surface area contributed by atoms with E-state index >= 15 is 0 Å². The fourth-order valence-corrected chi connectivity index (χ4v) is 3.04. The van der Waals surface area contributed by atoms with Gasteiger partial charge in [-0.3, -0.25) is 14.8 Å². The summed E-state index contributed by atoms with van der Waals surface area (Å²) in [6, 6.07) is 6.52. The summed E-state index contributed by atoms with van der Waals surface area (Å²) in [6.07, 6.45) is 4.95. The minimum absolute atomic E-state index is 0.0170. The van der Waals surface area contributed by atoms with Crippen molar-refractivity contribution in [3.05, 3.63) is 47.9 Å². The highest BCUT2D eigenvalue weighted by molar-refractivity contribution is 5.89. The van der Waals surface area contributed by atoms with E-state index in [-0.39, 0.29) is 17.5 Å². The van der Waals surface area contributed by atoms with Crippen LogP contribution in [0.5, 0.6) is 0 Å². The van der Waals surface area contributed by atoms with E-state index in [1.807, 2.05) is 6.07 Å². The lowest BCUT2D eigenvalue weighted by molar-refractivity contribution is -0.129. The summed E-state index contributed by atoms with van der Waals surface area (Å²) in [5.41, 5.74) is 2.26. The number of carboxylic acid groups (broad SMARTS) is 1. The third-order valence-corrected chi connectivity index (χ3v) is 4.08. The van der Waals surface area contributed by atoms with E-state index in [2.05, 4.69) is 9.97 Å². The van der Waals surface area contributed by atoms with E-state index in [0.717, 1.165) is 18.5 Å². The maximum atomic E-state index is 11.8. The Labute approximate surface area is 133 Å². The number of hydrogen-bond acceptors (Lipinski definition) is 4. The van der Waals surface area contributed by atoms with Gasteiger partial charge in [0.1, 0.15) is 0 Å². The average Bonchev–Trinajstić information content (AvgIpc) is 3.04. The minimum atomic E-state index is -0.983. The molecule has 1 atom stereocenters. The molecule has 0 radical (unpaired) electrons. The van der Waals surface area contributed by atoms with Gasteiger partial charge in [-0.05, 0) is 25.0 Å². The Morgan fingerprint density at radius 3 is 2.78 bits per heavy atom. The Morgan fingerprint density at radius 1 is 1.26 bits per heavy atom. The van der Waals surface area contributed by atoms with Gasteiger partial charge in [-0.2, -0.15) is 0 Å². The van der Waals surface area contributed by atoms with Crippen LogP contribution in [0.1, 0.15) is 41.9 Å². The van der Waals surface area contributed by atoms with Crippen molar-refractivity contribution in [3.8, 4) is 11.3 Å². The van der Waals surface area contributed by atoms with Gasteiger partial charge < -0.3 is 10.0 Å². The highest BCUT2D eigenvalue weighted by Gasteiger charge is 2.31. The second-order valence-electron chi connectivity index (χ2n) is 5.55. The number of rotatable bonds is 3. The predicted molar refractivity (Wildman–Crippen MR) is 83.8 cm³/mol. The number of aromatic nitrogens is 2. The van der Waals surface area contributed by atoms with Gasteiger partial charge in [0.05, 0.1) is 23.0 Å². The molecule has 0 bridgehead atoms. The third kappa shape index (κ3) is 2.92. The van der Waals surface area contributed by atoms with Crippen molar-refractivity contribution in [1.29, 1.82) is 0 Å². The van der Waals surface area contributed by atoms with Crippen molar-refractivity contribution in [2.45, 2.75) is 25.8 Å². The SMILES string of the molecule is CC(=O)N1CCCC1c1nccnc1-c1cccc(C(=O)O)c1. The molecule has 0 saturated carbocycles. The van der Waals surface area contributed by atoms with Crippen molar-refractivity contribution in [2.75, 3.05) is 6.54 Å². The molecule has 1 aromatic heterocycles. The molecule has 1 N–H and O–H groups in total. The normalized spacial score (nSPS) is 17.3. The zero-order valence-corrected chi connectivity index (χ0v) is 12.8. The van der Waals surface area contributed by atoms with E-state index < -0.39 is 5.97 Å². The molecule has 2 heterocycles. The molecule has 2 aromatic rings. The molecule has 3 rings (SSSR count). The van der Waals surface area contributed by atoms with Crippen LogP contribution < -0.4 is 0 Å². The minimum Gasteiger partial charge on any atom is -0.478 e. The van der Waals surface area contributed by atoms with E-state index in [9.17, 15) is 9.59 Å². The van der Waals surface area contributed by atoms with E-state index in [1.54, 1.807) is 42.4 Å². The molecular formula is C17H17N3O3. The highest BCUT2D eigenvalue weighted by Crippen LogP contribution is 2.35. The monoisotopic (exact) mass is 311 g/mol. The lowest BCUT2D eigenvalue weighted by Gasteiger charge is -2.24. The molecule has 6 nitrogen and oxygen atoms in total. The number of carbonyl (C=O) groups excluding carboxylic acids is 1. The summed E-state index contributed by atoms with van der Waals surface area (Å²) in [5.74, 6) is -0.966. The first-order valence-corrected chi connectivity index (χ1v) is 7.50. The van der Waals surface area contributed by atoms with Gasteiger partial charge in [0.2, 0.25) is 5.91 Å². The smallest absolute Gasteiger partial charge is 0.335 e. The summed E-state index contributed by atoms with van der Waals surface area (Å²) < 4.78 is 0. The van der Waals surface area contributed by atoms with Crippen molar-refractivity contribution < 1.29 is 14.7 Å². The fourth-order valence-electron chi connectivity index (χ4n) is 3.04. The summed E-state index contributed by atoms with van der Waals surface area (Å²) in [5, 5.41) is 9.16. The molecule has 1 unspecified atom stereocenters. The largest absolute Gasteiger partial charge is 0.478 e. The first-order valence-electron chi connectivity index (χ1n) is 7.50. The molecule has 1 aliphatic heterocycles. The molecular weight excluding hydrogens is 294 g/mol. The first-order chi connectivity index (χ1) is 11.1. The Bertz CT molecular complexity index is 760. The number of nitrogens with zero attached hydrogens (tertiary/aromatic N) is 3. The lowest BCUT2D eigenvalue weighted by Crippen LogP contribution is -2.29. The molecule has 1 aromatic carbocycles. The quantitative estimate of drug-likeness (QED) is 0.941. The van der Waals surface area contributed by atoms with Crippen LogP contribution in [0.25, 0.3) is 11.3 Å². The van der Waals surface area contributed by atoms with E-state index in [4.69, 9.17) is 5.11 Å². The van der Waals surface area contributed by atoms with Gasteiger partial charge in [0.25, 0.3) is 0 Å². The predicted octanol–water partition coefficient (Wildman–Crippen LogP) is 2.53. The maximum absolute atomic E-state index is 11.8. The summed E-state index contributed by atoms with van der Waals surface area (Å²) in [4.78, 5) is 33.6. The Kier molecular flexibility index (Phi) is 4.06. The van der Waals surface area contributed by atoms with Crippen LogP contribution in [-0.2, 0) is 4.79 Å². The molecule has 1 amide bonds. The highest BCUT2D eigenvalue weighted by atomic mass is 16.4. The molecule has 118 valence electrons. The number of benzene rings is 1. The van der Waals surface area contributed by atoms with Gasteiger partial charge in [-0.15, -0.1) is 0 Å². The van der Waals surface area contributed by atoms with Crippen molar-refractivity contribution in [2.24, 2.45) is 0 Å². The lowest BCUT2D eigenvalue weighted by atomic mass is 10.0. The molecule has 1 saturated heterocycles. The Hall–Kier alpha value is -2.76. The molecule has 1 fully saturated rings. The topological polar surface area (TPSA) is 83.4 Å². The second-order valence-corrected chi connectivity index (χ2v) is 5.55. The molecule has 6 heteroatoms. The van der Waals surface area contributed by atoms with Gasteiger partial charge in [-0.1, -0.05) is 12.1 Å². The van der Waals surface area contributed by atoms with E-state index in [1.165, 1.54) is 0 Å². The Morgan fingerprint density at radius 2 is 2.04 bits per heavy atom. The number of amides is 1. The van der Waals surface area contributed by atoms with Crippen LogP contribution in [0.15, 0.2) is 36.7 Å². The maximum Gasteiger partial charge on any atom is 0.335 e. The summed E-state index contributed by atoms with van der Waals surface area (Å²) in [7, 11) is 0. The zero-order valence-electron chi connectivity index (χ0n) is 12.8. The number of likely N-dealkylation sites (tertiary alicyclic amines) is 1. The second kappa shape index (κ2) is 6.16. The van der Waals surface area contributed by atoms with Gasteiger partial charge in [-0.25, -0.2) is 4.79 Å². The molecule has 0 aliphatic carbocycles. The Balaban J connectivity index is 2.06. The average molecular weight is 311 g/mol. The van der Waals surface area contributed by atoms with Crippen LogP contribution >= 0.6 is 0 Å². The fraction of sp³-hybridized carbons (Fsp3) is 0.294. The van der Waals surface area contributed by atoms with Crippen LogP contribution in [0, 0.1) is 0 Å². The van der Waals surface area contributed by atoms with Crippen molar-refractivity contribution in [3.63, 3.8) is 0 Å². The number of hydrogen-bond donors (Lipinski definition) is 1. The third-order valence-electron chi connectivity index (χ3n) is 4.08. The van der Waals surface area contributed by atoms with Crippen molar-refractivity contribution in [1.82, 2.24) is 14.9 Å². The van der Waals surface area contributed by atoms with Crippen LogP contribution in [-0.4, -0.2) is 38.4 Å². The van der Waals surface area contributed by atoms with Gasteiger partial charge >= 0.3 is 5.97 Å². The zero-order chi connectivity index (χ0) is 16.4. The molecule has 23 heavy (non-hydrogen) atoms. The number of aromatic carboxylic acids is 1. The number of carboxylic acids is 1. The van der Waals surface area contributed by atoms with Gasteiger partial charge in [0.15, 0.2) is 0 Å². The van der Waals surface area contributed by atoms with Crippen molar-refractivity contribution >= 4 is 11.9 Å².